The fraction of sp³-hybridized carbons (Fsp3) is 0.364. The summed E-state index contributed by atoms with van der Waals surface area (Å²) in [6, 6.07) is 8.84. The number of carboxylic acid groups (broad SMARTS) is 1. The third-order valence-electron chi connectivity index (χ3n) is 1.56. The summed E-state index contributed by atoms with van der Waals surface area (Å²) in [4.78, 5) is 10.6. The molecule has 84 valence electrons. The van der Waals surface area contributed by atoms with E-state index in [0.717, 1.165) is 0 Å². The number of aliphatic hydroxyl groups excluding tert-OH is 1. The Bertz CT molecular complexity index is 271. The van der Waals surface area contributed by atoms with Crippen molar-refractivity contribution in [2.45, 2.75) is 13.0 Å². The zero-order valence-corrected chi connectivity index (χ0v) is 8.88. The largest absolute Gasteiger partial charge is 0.479 e. The van der Waals surface area contributed by atoms with Gasteiger partial charge in [0, 0.05) is 13.7 Å². The van der Waals surface area contributed by atoms with Crippen LogP contribution in [0, 0.1) is 0 Å². The van der Waals surface area contributed by atoms with Crippen LogP contribution in [0.15, 0.2) is 30.3 Å². The molecule has 1 rings (SSSR count). The molecule has 0 saturated heterocycles. The normalized spacial score (nSPS) is 11.1. The van der Waals surface area contributed by atoms with Crippen molar-refractivity contribution in [3.63, 3.8) is 0 Å². The molecule has 0 aliphatic heterocycles. The molecule has 4 heteroatoms. The van der Waals surface area contributed by atoms with Crippen molar-refractivity contribution < 1.29 is 19.7 Å². The predicted molar refractivity (Wildman–Crippen MR) is 56.6 cm³/mol. The highest BCUT2D eigenvalue weighted by Crippen LogP contribution is 2.15. The van der Waals surface area contributed by atoms with E-state index < -0.39 is 12.1 Å². The SMILES string of the molecule is CCO.CO[C@@H](C(=O)O)c1ccccc1. The lowest BCUT2D eigenvalue weighted by Gasteiger charge is -2.09. The molecule has 0 aromatic heterocycles. The van der Waals surface area contributed by atoms with Gasteiger partial charge >= 0.3 is 5.97 Å². The zero-order valence-electron chi connectivity index (χ0n) is 8.88. The van der Waals surface area contributed by atoms with Crippen LogP contribution >= 0.6 is 0 Å². The first-order chi connectivity index (χ1) is 7.17. The number of aliphatic carboxylic acids is 1. The second-order valence-corrected chi connectivity index (χ2v) is 2.68. The van der Waals surface area contributed by atoms with E-state index in [-0.39, 0.29) is 6.61 Å². The predicted octanol–water partition coefficient (Wildman–Crippen LogP) is 1.46. The van der Waals surface area contributed by atoms with Gasteiger partial charge in [0.15, 0.2) is 6.10 Å². The van der Waals surface area contributed by atoms with Gasteiger partial charge in [-0.25, -0.2) is 4.79 Å². The molecule has 1 aromatic rings. The molecule has 0 radical (unpaired) electrons. The monoisotopic (exact) mass is 212 g/mol. The quantitative estimate of drug-likeness (QED) is 0.796. The van der Waals surface area contributed by atoms with Crippen molar-refractivity contribution in [3.8, 4) is 0 Å². The van der Waals surface area contributed by atoms with Crippen LogP contribution in [0.3, 0.4) is 0 Å². The van der Waals surface area contributed by atoms with Gasteiger partial charge in [0.25, 0.3) is 0 Å². The molecule has 0 heterocycles. The van der Waals surface area contributed by atoms with Crippen LogP contribution in [-0.4, -0.2) is 29.9 Å². The summed E-state index contributed by atoms with van der Waals surface area (Å²) >= 11 is 0. The summed E-state index contributed by atoms with van der Waals surface area (Å²) in [6.45, 7) is 1.93. The van der Waals surface area contributed by atoms with Crippen molar-refractivity contribution in [1.29, 1.82) is 0 Å². The van der Waals surface area contributed by atoms with Gasteiger partial charge in [-0.3, -0.25) is 0 Å². The number of carbonyl (C=O) groups is 1. The zero-order chi connectivity index (χ0) is 11.7. The molecule has 0 unspecified atom stereocenters. The minimum absolute atomic E-state index is 0.250. The summed E-state index contributed by atoms with van der Waals surface area (Å²) in [5.74, 6) is -0.969. The van der Waals surface area contributed by atoms with Crippen LogP contribution in [0.5, 0.6) is 0 Å². The number of rotatable bonds is 3. The van der Waals surface area contributed by atoms with E-state index in [9.17, 15) is 4.79 Å². The molecule has 1 atom stereocenters. The Morgan fingerprint density at radius 1 is 1.40 bits per heavy atom. The molecular formula is C11H16O4. The van der Waals surface area contributed by atoms with Crippen LogP contribution in [0.2, 0.25) is 0 Å². The van der Waals surface area contributed by atoms with Crippen LogP contribution in [0.4, 0.5) is 0 Å². The topological polar surface area (TPSA) is 66.8 Å². The molecule has 2 N–H and O–H groups in total. The first kappa shape index (κ1) is 13.6. The molecule has 0 fully saturated rings. The Kier molecular flexibility index (Phi) is 7.23. The Labute approximate surface area is 89.1 Å². The highest BCUT2D eigenvalue weighted by molar-refractivity contribution is 5.74. The lowest BCUT2D eigenvalue weighted by molar-refractivity contribution is -0.148. The summed E-state index contributed by atoms with van der Waals surface area (Å²) in [5, 5.41) is 16.3. The van der Waals surface area contributed by atoms with Crippen LogP contribution in [0.25, 0.3) is 0 Å². The maximum absolute atomic E-state index is 10.6. The third-order valence-corrected chi connectivity index (χ3v) is 1.56. The fourth-order valence-electron chi connectivity index (χ4n) is 1.01. The second-order valence-electron chi connectivity index (χ2n) is 2.68. The second kappa shape index (κ2) is 7.96. The first-order valence-corrected chi connectivity index (χ1v) is 4.58. The number of methoxy groups -OCH3 is 1. The average molecular weight is 212 g/mol. The Morgan fingerprint density at radius 3 is 2.20 bits per heavy atom. The van der Waals surface area contributed by atoms with Crippen LogP contribution in [0.1, 0.15) is 18.6 Å². The summed E-state index contributed by atoms with van der Waals surface area (Å²) in [5.41, 5.74) is 0.660. The lowest BCUT2D eigenvalue weighted by Crippen LogP contribution is -2.12. The number of ether oxygens (including phenoxy) is 1. The number of carboxylic acids is 1. The highest BCUT2D eigenvalue weighted by Gasteiger charge is 2.17. The molecule has 0 saturated carbocycles. The van der Waals surface area contributed by atoms with Crippen molar-refractivity contribution in [1.82, 2.24) is 0 Å². The lowest BCUT2D eigenvalue weighted by atomic mass is 10.1. The van der Waals surface area contributed by atoms with E-state index >= 15 is 0 Å². The van der Waals surface area contributed by atoms with Gasteiger partial charge in [-0.1, -0.05) is 30.3 Å². The van der Waals surface area contributed by atoms with Crippen molar-refractivity contribution in [2.75, 3.05) is 13.7 Å². The fourth-order valence-corrected chi connectivity index (χ4v) is 1.01. The smallest absolute Gasteiger partial charge is 0.337 e. The first-order valence-electron chi connectivity index (χ1n) is 4.58. The molecule has 1 aromatic carbocycles. The van der Waals surface area contributed by atoms with Crippen LogP contribution < -0.4 is 0 Å². The van der Waals surface area contributed by atoms with Gasteiger partial charge in [0.1, 0.15) is 0 Å². The van der Waals surface area contributed by atoms with Gasteiger partial charge in [-0.2, -0.15) is 0 Å². The van der Waals surface area contributed by atoms with Crippen molar-refractivity contribution >= 4 is 5.97 Å². The number of hydrogen-bond acceptors (Lipinski definition) is 3. The Hall–Kier alpha value is -1.39. The third kappa shape index (κ3) is 5.15. The van der Waals surface area contributed by atoms with E-state index in [0.29, 0.717) is 5.56 Å². The molecule has 4 nitrogen and oxygen atoms in total. The summed E-state index contributed by atoms with van der Waals surface area (Å²) < 4.78 is 4.80. The Morgan fingerprint density at radius 2 is 1.87 bits per heavy atom. The van der Waals surface area contributed by atoms with Crippen LogP contribution in [-0.2, 0) is 9.53 Å². The van der Waals surface area contributed by atoms with Gasteiger partial charge in [0.05, 0.1) is 0 Å². The molecule has 0 amide bonds. The summed E-state index contributed by atoms with van der Waals surface area (Å²) in [6.07, 6.45) is -0.855. The minimum Gasteiger partial charge on any atom is -0.479 e. The minimum atomic E-state index is -0.969. The standard InChI is InChI=1S/C9H10O3.C2H6O/c1-12-8(9(10)11)7-5-3-2-4-6-7;1-2-3/h2-6,8H,1H3,(H,10,11);3H,2H2,1H3/t8-;/m1./s1. The van der Waals surface area contributed by atoms with Gasteiger partial charge in [-0.05, 0) is 12.5 Å². The van der Waals surface area contributed by atoms with Gasteiger partial charge < -0.3 is 14.9 Å². The highest BCUT2D eigenvalue weighted by atomic mass is 16.5. The van der Waals surface area contributed by atoms with E-state index in [4.69, 9.17) is 14.9 Å². The number of hydrogen-bond donors (Lipinski definition) is 2. The molecular weight excluding hydrogens is 196 g/mol. The van der Waals surface area contributed by atoms with E-state index in [1.54, 1.807) is 31.2 Å². The van der Waals surface area contributed by atoms with Gasteiger partial charge in [-0.15, -0.1) is 0 Å². The van der Waals surface area contributed by atoms with E-state index in [1.807, 2.05) is 6.07 Å². The average Bonchev–Trinajstić information content (AvgIpc) is 2.21. The van der Waals surface area contributed by atoms with E-state index in [2.05, 4.69) is 0 Å². The Balaban J connectivity index is 0.000000583. The molecule has 0 aliphatic rings. The van der Waals surface area contributed by atoms with E-state index in [1.165, 1.54) is 7.11 Å². The maximum Gasteiger partial charge on any atom is 0.337 e. The molecule has 0 aliphatic carbocycles. The van der Waals surface area contributed by atoms with Gasteiger partial charge in [0.2, 0.25) is 0 Å². The molecule has 0 bridgehead atoms. The maximum atomic E-state index is 10.6. The molecule has 15 heavy (non-hydrogen) atoms. The number of aliphatic hydroxyl groups is 1. The number of benzene rings is 1. The molecule has 0 spiro atoms. The summed E-state index contributed by atoms with van der Waals surface area (Å²) in [7, 11) is 1.38. The van der Waals surface area contributed by atoms with Crippen molar-refractivity contribution in [3.05, 3.63) is 35.9 Å². The van der Waals surface area contributed by atoms with Crippen molar-refractivity contribution in [2.24, 2.45) is 0 Å².